The minimum absolute atomic E-state index is 0.0175. The maximum atomic E-state index is 12.3. The van der Waals surface area contributed by atoms with E-state index >= 15 is 0 Å². The summed E-state index contributed by atoms with van der Waals surface area (Å²) in [6, 6.07) is 7.76. The van der Waals surface area contributed by atoms with E-state index in [0.29, 0.717) is 22.7 Å². The molecule has 1 aliphatic rings. The van der Waals surface area contributed by atoms with Gasteiger partial charge in [0, 0.05) is 22.0 Å². The number of aromatic amines is 1. The molecular weight excluding hydrogens is 272 g/mol. The number of nitrogens with one attached hydrogen (secondary N) is 2. The van der Waals surface area contributed by atoms with Crippen LogP contribution in [-0.2, 0) is 0 Å². The van der Waals surface area contributed by atoms with E-state index in [0.717, 1.165) is 17.3 Å². The number of rotatable bonds is 2. The Kier molecular flexibility index (Phi) is 3.70. The van der Waals surface area contributed by atoms with Gasteiger partial charge in [0.15, 0.2) is 0 Å². The van der Waals surface area contributed by atoms with E-state index in [2.05, 4.69) is 17.2 Å². The number of hydrogen-bond acceptors (Lipinski definition) is 1. The molecule has 2 N–H and O–H groups in total. The lowest BCUT2D eigenvalue weighted by atomic mass is 9.86. The molecule has 1 heterocycles. The monoisotopic (exact) mass is 290 g/mol. The molecule has 20 heavy (non-hydrogen) atoms. The summed E-state index contributed by atoms with van der Waals surface area (Å²) in [7, 11) is 0. The van der Waals surface area contributed by atoms with E-state index in [-0.39, 0.29) is 5.91 Å². The summed E-state index contributed by atoms with van der Waals surface area (Å²) < 4.78 is 0. The van der Waals surface area contributed by atoms with Crippen LogP contribution in [0.2, 0.25) is 5.02 Å². The van der Waals surface area contributed by atoms with E-state index in [4.69, 9.17) is 11.6 Å². The molecule has 3 rings (SSSR count). The van der Waals surface area contributed by atoms with Crippen molar-refractivity contribution in [2.45, 2.75) is 38.6 Å². The van der Waals surface area contributed by atoms with Crippen LogP contribution < -0.4 is 5.32 Å². The van der Waals surface area contributed by atoms with Crippen molar-refractivity contribution < 1.29 is 4.79 Å². The summed E-state index contributed by atoms with van der Waals surface area (Å²) in [5, 5.41) is 4.81. The maximum Gasteiger partial charge on any atom is 0.267 e. The van der Waals surface area contributed by atoms with Crippen LogP contribution in [0.4, 0.5) is 0 Å². The predicted molar refractivity (Wildman–Crippen MR) is 82.2 cm³/mol. The van der Waals surface area contributed by atoms with Gasteiger partial charge in [-0.3, -0.25) is 4.79 Å². The molecule has 0 unspecified atom stereocenters. The van der Waals surface area contributed by atoms with Gasteiger partial charge in [-0.15, -0.1) is 0 Å². The number of fused-ring (bicyclic) bond motifs is 1. The van der Waals surface area contributed by atoms with Crippen molar-refractivity contribution in [3.63, 3.8) is 0 Å². The number of halogens is 1. The van der Waals surface area contributed by atoms with Crippen LogP contribution in [0, 0.1) is 5.92 Å². The standard InChI is InChI=1S/C16H19ClN2O/c1-10-4-2-3-5-13(10)19-16(20)15-9-11-8-12(17)6-7-14(11)18-15/h6-10,13,18H,2-5H2,1H3,(H,19,20)/t10-,13+/m1/s1. The largest absolute Gasteiger partial charge is 0.351 e. The molecule has 1 saturated carbocycles. The number of carbonyl (C=O) groups excluding carboxylic acids is 1. The lowest BCUT2D eigenvalue weighted by Crippen LogP contribution is -2.41. The van der Waals surface area contributed by atoms with Gasteiger partial charge >= 0.3 is 0 Å². The van der Waals surface area contributed by atoms with Gasteiger partial charge < -0.3 is 10.3 Å². The van der Waals surface area contributed by atoms with Crippen LogP contribution in [0.25, 0.3) is 10.9 Å². The number of hydrogen-bond donors (Lipinski definition) is 2. The summed E-state index contributed by atoms with van der Waals surface area (Å²) in [6.07, 6.45) is 4.77. The first-order valence-corrected chi connectivity index (χ1v) is 7.60. The van der Waals surface area contributed by atoms with Crippen LogP contribution in [0.1, 0.15) is 43.1 Å². The third-order valence-corrected chi connectivity index (χ3v) is 4.49. The van der Waals surface area contributed by atoms with E-state index < -0.39 is 0 Å². The molecule has 0 radical (unpaired) electrons. The SMILES string of the molecule is C[C@@H]1CCCC[C@@H]1NC(=O)c1cc2cc(Cl)ccc2[nH]1. The van der Waals surface area contributed by atoms with Crippen molar-refractivity contribution in [1.82, 2.24) is 10.3 Å². The Hall–Kier alpha value is -1.48. The second-order valence-electron chi connectivity index (χ2n) is 5.76. The third-order valence-electron chi connectivity index (χ3n) is 4.26. The van der Waals surface area contributed by atoms with Crippen LogP contribution in [0.3, 0.4) is 0 Å². The number of H-pyrrole nitrogens is 1. The van der Waals surface area contributed by atoms with Crippen molar-refractivity contribution in [3.8, 4) is 0 Å². The smallest absolute Gasteiger partial charge is 0.267 e. The van der Waals surface area contributed by atoms with Crippen molar-refractivity contribution in [2.75, 3.05) is 0 Å². The van der Waals surface area contributed by atoms with E-state index in [1.54, 1.807) is 0 Å². The lowest BCUT2D eigenvalue weighted by molar-refractivity contribution is 0.0906. The second kappa shape index (κ2) is 5.49. The predicted octanol–water partition coefficient (Wildman–Crippen LogP) is 4.13. The van der Waals surface area contributed by atoms with E-state index in [1.807, 2.05) is 24.3 Å². The molecule has 1 aromatic carbocycles. The molecule has 4 heteroatoms. The first-order chi connectivity index (χ1) is 9.63. The zero-order valence-electron chi connectivity index (χ0n) is 11.6. The fourth-order valence-corrected chi connectivity index (χ4v) is 3.18. The first-order valence-electron chi connectivity index (χ1n) is 7.22. The Morgan fingerprint density at radius 2 is 2.10 bits per heavy atom. The van der Waals surface area contributed by atoms with Crippen LogP contribution in [0.5, 0.6) is 0 Å². The molecule has 106 valence electrons. The summed E-state index contributed by atoms with van der Waals surface area (Å²) in [5.74, 6) is 0.544. The van der Waals surface area contributed by atoms with Crippen LogP contribution in [-0.4, -0.2) is 16.9 Å². The Morgan fingerprint density at radius 1 is 1.30 bits per heavy atom. The molecule has 1 aromatic heterocycles. The van der Waals surface area contributed by atoms with Crippen LogP contribution >= 0.6 is 11.6 Å². The third kappa shape index (κ3) is 2.68. The normalized spacial score (nSPS) is 22.9. The minimum Gasteiger partial charge on any atom is -0.351 e. The average Bonchev–Trinajstić information content (AvgIpc) is 2.84. The highest BCUT2D eigenvalue weighted by Crippen LogP contribution is 2.24. The van der Waals surface area contributed by atoms with E-state index in [1.165, 1.54) is 19.3 Å². The Labute approximate surface area is 123 Å². The van der Waals surface area contributed by atoms with Gasteiger partial charge in [0.25, 0.3) is 5.91 Å². The summed E-state index contributed by atoms with van der Waals surface area (Å²) in [6.45, 7) is 2.22. The quantitative estimate of drug-likeness (QED) is 0.858. The van der Waals surface area contributed by atoms with Crippen molar-refractivity contribution in [1.29, 1.82) is 0 Å². The minimum atomic E-state index is -0.0175. The molecule has 3 nitrogen and oxygen atoms in total. The van der Waals surface area contributed by atoms with Crippen LogP contribution in [0.15, 0.2) is 24.3 Å². The maximum absolute atomic E-state index is 12.3. The Morgan fingerprint density at radius 3 is 2.90 bits per heavy atom. The fourth-order valence-electron chi connectivity index (χ4n) is 3.00. The summed E-state index contributed by atoms with van der Waals surface area (Å²) in [4.78, 5) is 15.5. The molecule has 0 saturated heterocycles. The molecule has 2 aromatic rings. The zero-order valence-corrected chi connectivity index (χ0v) is 12.3. The molecule has 0 aliphatic heterocycles. The van der Waals surface area contributed by atoms with Gasteiger partial charge in [-0.2, -0.15) is 0 Å². The number of aromatic nitrogens is 1. The molecular formula is C16H19ClN2O. The topological polar surface area (TPSA) is 44.9 Å². The summed E-state index contributed by atoms with van der Waals surface area (Å²) in [5.41, 5.74) is 1.55. The molecule has 1 amide bonds. The lowest BCUT2D eigenvalue weighted by Gasteiger charge is -2.29. The highest BCUT2D eigenvalue weighted by atomic mass is 35.5. The van der Waals surface area contributed by atoms with Gasteiger partial charge in [-0.05, 0) is 43.0 Å². The van der Waals surface area contributed by atoms with Gasteiger partial charge in [-0.1, -0.05) is 31.4 Å². The fraction of sp³-hybridized carbons (Fsp3) is 0.438. The Bertz CT molecular complexity index is 634. The average molecular weight is 291 g/mol. The molecule has 1 fully saturated rings. The molecule has 2 atom stereocenters. The van der Waals surface area contributed by atoms with Gasteiger partial charge in [0.05, 0.1) is 0 Å². The van der Waals surface area contributed by atoms with Crippen molar-refractivity contribution >= 4 is 28.4 Å². The number of carbonyl (C=O) groups is 1. The number of benzene rings is 1. The summed E-state index contributed by atoms with van der Waals surface area (Å²) >= 11 is 5.97. The number of amides is 1. The van der Waals surface area contributed by atoms with Crippen molar-refractivity contribution in [3.05, 3.63) is 35.0 Å². The first kappa shape index (κ1) is 13.5. The second-order valence-corrected chi connectivity index (χ2v) is 6.19. The molecule has 0 spiro atoms. The van der Waals surface area contributed by atoms with Gasteiger partial charge in [-0.25, -0.2) is 0 Å². The van der Waals surface area contributed by atoms with Gasteiger partial charge in [0.1, 0.15) is 5.69 Å². The Balaban J connectivity index is 1.78. The highest BCUT2D eigenvalue weighted by molar-refractivity contribution is 6.31. The zero-order chi connectivity index (χ0) is 14.1. The van der Waals surface area contributed by atoms with E-state index in [9.17, 15) is 4.79 Å². The van der Waals surface area contributed by atoms with Crippen molar-refractivity contribution in [2.24, 2.45) is 5.92 Å². The highest BCUT2D eigenvalue weighted by Gasteiger charge is 2.23. The molecule has 1 aliphatic carbocycles. The van der Waals surface area contributed by atoms with Gasteiger partial charge in [0.2, 0.25) is 0 Å². The molecule has 0 bridgehead atoms.